The molecule has 2 aromatic heterocycles. The second-order valence-corrected chi connectivity index (χ2v) is 7.77. The number of amides is 1. The van der Waals surface area contributed by atoms with E-state index in [0.717, 1.165) is 24.1 Å². The normalized spacial score (nSPS) is 13.3. The Morgan fingerprint density at radius 2 is 1.88 bits per heavy atom. The summed E-state index contributed by atoms with van der Waals surface area (Å²) in [4.78, 5) is 18.0. The maximum Gasteiger partial charge on any atom is 0.259 e. The Labute approximate surface area is 185 Å². The fourth-order valence-electron chi connectivity index (χ4n) is 3.61. The van der Waals surface area contributed by atoms with Gasteiger partial charge in [-0.1, -0.05) is 35.5 Å². The van der Waals surface area contributed by atoms with Crippen molar-refractivity contribution in [1.29, 1.82) is 0 Å². The predicted octanol–water partition coefficient (Wildman–Crippen LogP) is 5.04. The quantitative estimate of drug-likeness (QED) is 0.395. The molecule has 4 aromatic rings. The number of anilines is 1. The maximum atomic E-state index is 13.3. The smallest absolute Gasteiger partial charge is 0.259 e. The number of rotatable bonds is 8. The first-order valence-electron chi connectivity index (χ1n) is 10.6. The molecule has 0 bridgehead atoms. The average molecular weight is 429 g/mol. The van der Waals surface area contributed by atoms with Gasteiger partial charge in [0.05, 0.1) is 17.6 Å². The minimum atomic E-state index is -0.229. The number of hydrogen-bond acceptors (Lipinski definition) is 6. The second kappa shape index (κ2) is 8.80. The Morgan fingerprint density at radius 3 is 2.59 bits per heavy atom. The van der Waals surface area contributed by atoms with Gasteiger partial charge >= 0.3 is 0 Å². The number of fused-ring (bicyclic) bond motifs is 1. The monoisotopic (exact) mass is 429 g/mol. The molecule has 0 saturated heterocycles. The first kappa shape index (κ1) is 20.2. The van der Waals surface area contributed by atoms with E-state index in [4.69, 9.17) is 14.0 Å². The number of nitrogens with zero attached hydrogens (tertiary/aromatic N) is 2. The molecule has 1 N–H and O–H groups in total. The molecule has 1 amide bonds. The van der Waals surface area contributed by atoms with Crippen molar-refractivity contribution < 1.29 is 18.8 Å². The fourth-order valence-corrected chi connectivity index (χ4v) is 3.61. The summed E-state index contributed by atoms with van der Waals surface area (Å²) < 4.78 is 16.1. The van der Waals surface area contributed by atoms with E-state index in [1.165, 1.54) is 0 Å². The van der Waals surface area contributed by atoms with Crippen LogP contribution in [0.3, 0.4) is 0 Å². The van der Waals surface area contributed by atoms with Crippen molar-refractivity contribution in [3.8, 4) is 17.0 Å². The highest BCUT2D eigenvalue weighted by atomic mass is 16.5. The number of carbonyl (C=O) groups excluding carboxylic acids is 1. The SMILES string of the molecule is COCCOc1ccc(NC(=O)c2cc(C3CC3)nc3onc(-c4ccccc4)c23)cc1. The fraction of sp³-hybridized carbons (Fsp3) is 0.240. The van der Waals surface area contributed by atoms with Crippen LogP contribution in [0.4, 0.5) is 5.69 Å². The third-order valence-corrected chi connectivity index (χ3v) is 5.42. The Hall–Kier alpha value is -3.71. The molecule has 7 heteroatoms. The van der Waals surface area contributed by atoms with Gasteiger partial charge < -0.3 is 19.3 Å². The van der Waals surface area contributed by atoms with E-state index in [0.29, 0.717) is 52.9 Å². The van der Waals surface area contributed by atoms with E-state index in [1.54, 1.807) is 7.11 Å². The van der Waals surface area contributed by atoms with Gasteiger partial charge in [0.25, 0.3) is 11.6 Å². The van der Waals surface area contributed by atoms with Crippen LogP contribution < -0.4 is 10.1 Å². The largest absolute Gasteiger partial charge is 0.491 e. The molecule has 5 rings (SSSR count). The molecule has 32 heavy (non-hydrogen) atoms. The molecule has 2 aromatic carbocycles. The minimum absolute atomic E-state index is 0.229. The van der Waals surface area contributed by atoms with Gasteiger partial charge in [0.15, 0.2) is 0 Å². The zero-order valence-electron chi connectivity index (χ0n) is 17.7. The summed E-state index contributed by atoms with van der Waals surface area (Å²) in [7, 11) is 1.63. The molecule has 0 atom stereocenters. The highest BCUT2D eigenvalue weighted by Crippen LogP contribution is 2.41. The van der Waals surface area contributed by atoms with Crippen molar-refractivity contribution in [3.05, 3.63) is 71.9 Å². The number of carbonyl (C=O) groups is 1. The summed E-state index contributed by atoms with van der Waals surface area (Å²) in [5, 5.41) is 7.85. The molecule has 7 nitrogen and oxygen atoms in total. The van der Waals surface area contributed by atoms with Gasteiger partial charge in [0, 0.05) is 30.0 Å². The third-order valence-electron chi connectivity index (χ3n) is 5.42. The number of pyridine rings is 1. The van der Waals surface area contributed by atoms with Crippen LogP contribution in [-0.2, 0) is 4.74 Å². The molecule has 0 aliphatic heterocycles. The van der Waals surface area contributed by atoms with Crippen LogP contribution >= 0.6 is 0 Å². The Morgan fingerprint density at radius 1 is 1.09 bits per heavy atom. The van der Waals surface area contributed by atoms with E-state index in [9.17, 15) is 4.79 Å². The molecular formula is C25H23N3O4. The number of hydrogen-bond donors (Lipinski definition) is 1. The topological polar surface area (TPSA) is 86.5 Å². The zero-order chi connectivity index (χ0) is 21.9. The predicted molar refractivity (Wildman–Crippen MR) is 121 cm³/mol. The van der Waals surface area contributed by atoms with Crippen molar-refractivity contribution in [3.63, 3.8) is 0 Å². The van der Waals surface area contributed by atoms with Gasteiger partial charge in [0.2, 0.25) is 0 Å². The van der Waals surface area contributed by atoms with Crippen molar-refractivity contribution in [2.24, 2.45) is 0 Å². The lowest BCUT2D eigenvalue weighted by molar-refractivity contribution is 0.102. The molecular weight excluding hydrogens is 406 g/mol. The molecule has 2 heterocycles. The lowest BCUT2D eigenvalue weighted by Gasteiger charge is -2.10. The van der Waals surface area contributed by atoms with Crippen LogP contribution in [0.2, 0.25) is 0 Å². The summed E-state index contributed by atoms with van der Waals surface area (Å²) >= 11 is 0. The van der Waals surface area contributed by atoms with Gasteiger partial charge in [-0.15, -0.1) is 0 Å². The van der Waals surface area contributed by atoms with Gasteiger partial charge in [-0.25, -0.2) is 4.98 Å². The molecule has 1 fully saturated rings. The molecule has 0 unspecified atom stereocenters. The molecule has 1 saturated carbocycles. The molecule has 162 valence electrons. The van der Waals surface area contributed by atoms with Gasteiger partial charge in [-0.2, -0.15) is 0 Å². The number of aromatic nitrogens is 2. The van der Waals surface area contributed by atoms with Crippen molar-refractivity contribution in [1.82, 2.24) is 10.1 Å². The van der Waals surface area contributed by atoms with Crippen LogP contribution in [0.15, 0.2) is 65.2 Å². The number of nitrogens with one attached hydrogen (secondary N) is 1. The van der Waals surface area contributed by atoms with E-state index >= 15 is 0 Å². The van der Waals surface area contributed by atoms with Crippen LogP contribution in [0.5, 0.6) is 5.75 Å². The van der Waals surface area contributed by atoms with Crippen LogP contribution in [0.25, 0.3) is 22.4 Å². The standard InChI is InChI=1S/C25H23N3O4/c1-30-13-14-31-19-11-9-18(10-12-19)26-24(29)20-15-21(16-7-8-16)27-25-22(20)23(28-32-25)17-5-3-2-4-6-17/h2-6,9-12,15-16H,7-8,13-14H2,1H3,(H,26,29). The van der Waals surface area contributed by atoms with E-state index < -0.39 is 0 Å². The minimum Gasteiger partial charge on any atom is -0.491 e. The number of ether oxygens (including phenoxy) is 2. The van der Waals surface area contributed by atoms with Crippen LogP contribution in [-0.4, -0.2) is 36.4 Å². The first-order chi connectivity index (χ1) is 15.7. The number of benzene rings is 2. The Bertz CT molecular complexity index is 1230. The highest BCUT2D eigenvalue weighted by molar-refractivity contribution is 6.14. The highest BCUT2D eigenvalue weighted by Gasteiger charge is 2.29. The summed E-state index contributed by atoms with van der Waals surface area (Å²) in [6.07, 6.45) is 2.15. The summed E-state index contributed by atoms with van der Waals surface area (Å²) in [5.74, 6) is 0.861. The molecule has 0 spiro atoms. The van der Waals surface area contributed by atoms with Gasteiger partial charge in [0.1, 0.15) is 18.1 Å². The van der Waals surface area contributed by atoms with Crippen LogP contribution in [0.1, 0.15) is 34.8 Å². The summed E-state index contributed by atoms with van der Waals surface area (Å²) in [6.45, 7) is 0.985. The lowest BCUT2D eigenvalue weighted by atomic mass is 10.0. The Balaban J connectivity index is 1.46. The third kappa shape index (κ3) is 4.20. The van der Waals surface area contributed by atoms with Gasteiger partial charge in [-0.05, 0) is 43.2 Å². The maximum absolute atomic E-state index is 13.3. The number of methoxy groups -OCH3 is 1. The summed E-state index contributed by atoms with van der Waals surface area (Å²) in [5.41, 5.74) is 3.93. The summed E-state index contributed by atoms with van der Waals surface area (Å²) in [6, 6.07) is 18.8. The molecule has 1 aliphatic rings. The van der Waals surface area contributed by atoms with Crippen molar-refractivity contribution in [2.45, 2.75) is 18.8 Å². The van der Waals surface area contributed by atoms with E-state index in [-0.39, 0.29) is 5.91 Å². The Kier molecular flexibility index (Phi) is 5.56. The van der Waals surface area contributed by atoms with Crippen LogP contribution in [0, 0.1) is 0 Å². The average Bonchev–Trinajstić information content (AvgIpc) is 3.59. The first-order valence-corrected chi connectivity index (χ1v) is 10.6. The van der Waals surface area contributed by atoms with Crippen molar-refractivity contribution >= 4 is 22.7 Å². The van der Waals surface area contributed by atoms with E-state index in [1.807, 2.05) is 60.7 Å². The van der Waals surface area contributed by atoms with Crippen molar-refractivity contribution in [2.75, 3.05) is 25.6 Å². The lowest BCUT2D eigenvalue weighted by Crippen LogP contribution is -2.13. The zero-order valence-corrected chi connectivity index (χ0v) is 17.7. The molecule has 1 aliphatic carbocycles. The second-order valence-electron chi connectivity index (χ2n) is 7.77. The molecule has 0 radical (unpaired) electrons. The van der Waals surface area contributed by atoms with Gasteiger partial charge in [-0.3, -0.25) is 4.79 Å². The van der Waals surface area contributed by atoms with E-state index in [2.05, 4.69) is 15.5 Å².